The molecule has 0 aromatic carbocycles. The van der Waals surface area contributed by atoms with Crippen molar-refractivity contribution >= 4 is 5.78 Å². The molecule has 4 nitrogen and oxygen atoms in total. The molecule has 1 saturated heterocycles. The van der Waals surface area contributed by atoms with Gasteiger partial charge < -0.3 is 14.6 Å². The van der Waals surface area contributed by atoms with Crippen molar-refractivity contribution in [2.24, 2.45) is 28.6 Å². The lowest BCUT2D eigenvalue weighted by Crippen LogP contribution is -2.54. The summed E-state index contributed by atoms with van der Waals surface area (Å²) in [5.74, 6) is 2.04. The number of allylic oxidation sites excluding steroid dienone is 1. The van der Waals surface area contributed by atoms with Crippen molar-refractivity contribution in [1.82, 2.24) is 0 Å². The molecule has 1 heterocycles. The van der Waals surface area contributed by atoms with Gasteiger partial charge in [-0.25, -0.2) is 0 Å². The van der Waals surface area contributed by atoms with Gasteiger partial charge >= 0.3 is 0 Å². The molecule has 7 atom stereocenters. The third-order valence-corrected chi connectivity index (χ3v) is 9.21. The molecule has 0 radical (unpaired) electrons. The van der Waals surface area contributed by atoms with E-state index in [1.54, 1.807) is 0 Å². The van der Waals surface area contributed by atoms with E-state index in [1.807, 2.05) is 0 Å². The Labute approximate surface area is 169 Å². The van der Waals surface area contributed by atoms with Crippen molar-refractivity contribution in [1.29, 1.82) is 0 Å². The average Bonchev–Trinajstić information content (AvgIpc) is 3.03. The maximum Gasteiger partial charge on any atom is 0.158 e. The molecule has 4 aliphatic carbocycles. The van der Waals surface area contributed by atoms with Gasteiger partial charge in [0.25, 0.3) is 0 Å². The molecule has 1 N–H and O–H groups in total. The lowest BCUT2D eigenvalue weighted by Gasteiger charge is -2.58. The first kappa shape index (κ1) is 19.3. The highest BCUT2D eigenvalue weighted by atomic mass is 16.7. The zero-order valence-electron chi connectivity index (χ0n) is 17.3. The average molecular weight is 389 g/mol. The molecule has 156 valence electrons. The quantitative estimate of drug-likeness (QED) is 0.728. The molecule has 0 aromatic heterocycles. The van der Waals surface area contributed by atoms with Crippen LogP contribution in [-0.4, -0.2) is 36.5 Å². The number of aliphatic hydroxyl groups is 1. The Morgan fingerprint density at radius 2 is 2.04 bits per heavy atom. The van der Waals surface area contributed by atoms with E-state index >= 15 is 0 Å². The summed E-state index contributed by atoms with van der Waals surface area (Å²) in [6, 6.07) is 0. The molecule has 0 aromatic rings. The summed E-state index contributed by atoms with van der Waals surface area (Å²) in [7, 11) is 0. The van der Waals surface area contributed by atoms with Crippen molar-refractivity contribution in [2.75, 3.05) is 13.2 Å². The molecule has 1 aliphatic heterocycles. The number of carbonyl (C=O) groups excluding carboxylic acids is 1. The Balaban J connectivity index is 1.43. The molecule has 5 rings (SSSR count). The fourth-order valence-electron chi connectivity index (χ4n) is 7.72. The Kier molecular flexibility index (Phi) is 4.96. The van der Waals surface area contributed by atoms with Gasteiger partial charge in [-0.2, -0.15) is 0 Å². The van der Waals surface area contributed by atoms with Gasteiger partial charge in [-0.3, -0.25) is 4.79 Å². The number of carbonyl (C=O) groups is 1. The molecule has 0 bridgehead atoms. The third-order valence-electron chi connectivity index (χ3n) is 9.21. The van der Waals surface area contributed by atoms with Crippen LogP contribution in [0.1, 0.15) is 77.6 Å². The normalized spacial score (nSPS) is 48.4. The molecule has 4 heteroatoms. The van der Waals surface area contributed by atoms with Gasteiger partial charge in [-0.15, -0.1) is 0 Å². The lowest BCUT2D eigenvalue weighted by atomic mass is 9.47. The van der Waals surface area contributed by atoms with Gasteiger partial charge in [-0.05, 0) is 87.5 Å². The highest BCUT2D eigenvalue weighted by Crippen LogP contribution is 2.64. The number of Topliss-reactive ketones (excluding diaryl/α,β-unsaturated/α-hetero) is 1. The molecule has 0 spiro atoms. The van der Waals surface area contributed by atoms with E-state index in [9.17, 15) is 9.90 Å². The molecular formula is C24H36O4. The summed E-state index contributed by atoms with van der Waals surface area (Å²) >= 11 is 0. The molecular weight excluding hydrogens is 352 g/mol. The zero-order chi connectivity index (χ0) is 19.4. The largest absolute Gasteiger partial charge is 0.395 e. The van der Waals surface area contributed by atoms with E-state index in [0.717, 1.165) is 70.8 Å². The van der Waals surface area contributed by atoms with E-state index in [-0.39, 0.29) is 29.8 Å². The maximum atomic E-state index is 12.6. The van der Waals surface area contributed by atoms with Crippen LogP contribution in [0.25, 0.3) is 0 Å². The maximum absolute atomic E-state index is 12.6. The Hall–Kier alpha value is -0.710. The van der Waals surface area contributed by atoms with E-state index in [2.05, 4.69) is 13.0 Å². The van der Waals surface area contributed by atoms with Crippen LogP contribution < -0.4 is 0 Å². The predicted octanol–water partition coefficient (Wildman–Crippen LogP) is 4.40. The Morgan fingerprint density at radius 1 is 1.14 bits per heavy atom. The molecule has 4 fully saturated rings. The SMILES string of the molecule is C[C@]12CCC3C(CC=C4C(OC5CCCCO5)CCC[C@@]43CO)C1CCC2=O. The lowest BCUT2D eigenvalue weighted by molar-refractivity contribution is -0.193. The molecule has 3 saturated carbocycles. The van der Waals surface area contributed by atoms with Crippen LogP contribution in [0.4, 0.5) is 0 Å². The number of ether oxygens (including phenoxy) is 2. The summed E-state index contributed by atoms with van der Waals surface area (Å²) in [5.41, 5.74) is 1.13. The van der Waals surface area contributed by atoms with Crippen LogP contribution >= 0.6 is 0 Å². The number of rotatable bonds is 3. The first-order chi connectivity index (χ1) is 13.6. The minimum atomic E-state index is -0.131. The summed E-state index contributed by atoms with van der Waals surface area (Å²) < 4.78 is 12.3. The van der Waals surface area contributed by atoms with E-state index in [1.165, 1.54) is 12.0 Å². The topological polar surface area (TPSA) is 55.8 Å². The van der Waals surface area contributed by atoms with E-state index < -0.39 is 0 Å². The fraction of sp³-hybridized carbons (Fsp3) is 0.875. The number of fused-ring (bicyclic) bond motifs is 5. The second-order valence-electron chi connectivity index (χ2n) is 10.3. The van der Waals surface area contributed by atoms with Gasteiger partial charge in [0.2, 0.25) is 0 Å². The zero-order valence-corrected chi connectivity index (χ0v) is 17.3. The minimum Gasteiger partial charge on any atom is -0.395 e. The highest BCUT2D eigenvalue weighted by Gasteiger charge is 2.60. The van der Waals surface area contributed by atoms with Crippen LogP contribution in [0.2, 0.25) is 0 Å². The van der Waals surface area contributed by atoms with Crippen molar-refractivity contribution < 1.29 is 19.4 Å². The van der Waals surface area contributed by atoms with Gasteiger partial charge in [-0.1, -0.05) is 13.0 Å². The molecule has 28 heavy (non-hydrogen) atoms. The first-order valence-corrected chi connectivity index (χ1v) is 11.7. The van der Waals surface area contributed by atoms with Gasteiger partial charge in [0.1, 0.15) is 5.78 Å². The summed E-state index contributed by atoms with van der Waals surface area (Å²) in [4.78, 5) is 12.6. The second-order valence-corrected chi connectivity index (χ2v) is 10.3. The summed E-state index contributed by atoms with van der Waals surface area (Å²) in [6.45, 7) is 3.25. The molecule has 0 amide bonds. The van der Waals surface area contributed by atoms with Gasteiger partial charge in [0.15, 0.2) is 6.29 Å². The summed E-state index contributed by atoms with van der Waals surface area (Å²) in [5, 5.41) is 10.7. The monoisotopic (exact) mass is 388 g/mol. The van der Waals surface area contributed by atoms with E-state index in [0.29, 0.717) is 23.5 Å². The number of hydrogen-bond acceptors (Lipinski definition) is 4. The van der Waals surface area contributed by atoms with Crippen molar-refractivity contribution in [3.63, 3.8) is 0 Å². The van der Waals surface area contributed by atoms with Crippen LogP contribution in [0.3, 0.4) is 0 Å². The fourth-order valence-corrected chi connectivity index (χ4v) is 7.72. The molecule has 5 unspecified atom stereocenters. The smallest absolute Gasteiger partial charge is 0.158 e. The minimum absolute atomic E-state index is 0.0750. The first-order valence-electron chi connectivity index (χ1n) is 11.7. The van der Waals surface area contributed by atoms with E-state index in [4.69, 9.17) is 9.47 Å². The van der Waals surface area contributed by atoms with Gasteiger partial charge in [0.05, 0.1) is 12.7 Å². The van der Waals surface area contributed by atoms with Crippen LogP contribution in [-0.2, 0) is 14.3 Å². The highest BCUT2D eigenvalue weighted by molar-refractivity contribution is 5.87. The van der Waals surface area contributed by atoms with Crippen LogP contribution in [0.15, 0.2) is 11.6 Å². The third kappa shape index (κ3) is 2.78. The van der Waals surface area contributed by atoms with Crippen molar-refractivity contribution in [2.45, 2.75) is 89.9 Å². The second kappa shape index (κ2) is 7.21. The standard InChI is InChI=1S/C24H36O4/c1-23-13-11-18-16(17(23)9-10-21(23)26)7-8-19-20(5-4-12-24(18,19)15-25)28-22-6-2-3-14-27-22/h8,16-18,20,22,25H,2-7,9-15H2,1H3/t16?,17?,18?,20?,22?,23-,24-/m0/s1. The Bertz CT molecular complexity index is 651. The summed E-state index contributed by atoms with van der Waals surface area (Å²) in [6.07, 6.45) is 13.9. The Morgan fingerprint density at radius 3 is 2.82 bits per heavy atom. The predicted molar refractivity (Wildman–Crippen MR) is 107 cm³/mol. The number of aliphatic hydroxyl groups excluding tert-OH is 1. The van der Waals surface area contributed by atoms with Crippen molar-refractivity contribution in [3.05, 3.63) is 11.6 Å². The number of hydrogen-bond donors (Lipinski definition) is 1. The van der Waals surface area contributed by atoms with Gasteiger partial charge in [0, 0.05) is 23.9 Å². The number of ketones is 1. The van der Waals surface area contributed by atoms with Crippen molar-refractivity contribution in [3.8, 4) is 0 Å². The van der Waals surface area contributed by atoms with Crippen LogP contribution in [0.5, 0.6) is 0 Å². The molecule has 5 aliphatic rings. The van der Waals surface area contributed by atoms with Crippen LogP contribution in [0, 0.1) is 28.6 Å².